The molecule has 1 rings (SSSR count). The van der Waals surface area contributed by atoms with E-state index in [4.69, 9.17) is 10.5 Å². The van der Waals surface area contributed by atoms with Crippen molar-refractivity contribution in [3.05, 3.63) is 24.0 Å². The van der Waals surface area contributed by atoms with Gasteiger partial charge in [-0.05, 0) is 26.0 Å². The van der Waals surface area contributed by atoms with E-state index < -0.39 is 5.60 Å². The minimum absolute atomic E-state index is 0.252. The van der Waals surface area contributed by atoms with Gasteiger partial charge in [0.2, 0.25) is 0 Å². The number of nitrogens with one attached hydrogen (secondary N) is 1. The summed E-state index contributed by atoms with van der Waals surface area (Å²) < 4.78 is 5.19. The second kappa shape index (κ2) is 4.94. The predicted octanol–water partition coefficient (Wildman–Crippen LogP) is 0.819. The zero-order chi connectivity index (χ0) is 12.2. The number of rotatable bonds is 4. The maximum absolute atomic E-state index is 11.7. The molecular weight excluding hydrogens is 206 g/mol. The van der Waals surface area contributed by atoms with Gasteiger partial charge < -0.3 is 15.8 Å². The first-order valence-electron chi connectivity index (χ1n) is 4.99. The number of carbonyl (C=O) groups excluding carboxylic acids is 1. The lowest BCUT2D eigenvalue weighted by atomic mass is 10.1. The Kier molecular flexibility index (Phi) is 3.84. The molecule has 0 aliphatic heterocycles. The molecule has 1 amide bonds. The zero-order valence-electron chi connectivity index (χ0n) is 9.78. The molecule has 0 unspecified atom stereocenters. The number of amides is 1. The van der Waals surface area contributed by atoms with Crippen molar-refractivity contribution in [1.29, 1.82) is 0 Å². The van der Waals surface area contributed by atoms with Gasteiger partial charge in [0.15, 0.2) is 0 Å². The first-order chi connectivity index (χ1) is 7.44. The van der Waals surface area contributed by atoms with Gasteiger partial charge in [0.25, 0.3) is 5.91 Å². The van der Waals surface area contributed by atoms with E-state index in [1.54, 1.807) is 13.2 Å². The molecule has 5 heteroatoms. The molecule has 0 aromatic carbocycles. The van der Waals surface area contributed by atoms with E-state index in [-0.39, 0.29) is 5.91 Å². The lowest BCUT2D eigenvalue weighted by Gasteiger charge is -2.22. The molecular formula is C11H17N3O2. The third-order valence-corrected chi connectivity index (χ3v) is 2.24. The van der Waals surface area contributed by atoms with Crippen LogP contribution >= 0.6 is 0 Å². The second-order valence-corrected chi connectivity index (χ2v) is 4.12. The van der Waals surface area contributed by atoms with Crippen molar-refractivity contribution in [3.8, 4) is 0 Å². The van der Waals surface area contributed by atoms with E-state index in [2.05, 4.69) is 10.3 Å². The summed E-state index contributed by atoms with van der Waals surface area (Å²) in [5.41, 5.74) is 6.00. The Morgan fingerprint density at radius 2 is 2.31 bits per heavy atom. The van der Waals surface area contributed by atoms with Crippen molar-refractivity contribution in [1.82, 2.24) is 10.3 Å². The average molecular weight is 223 g/mol. The maximum Gasteiger partial charge on any atom is 0.270 e. The molecule has 5 nitrogen and oxygen atoms in total. The fraction of sp³-hybridized carbons (Fsp3) is 0.455. The first kappa shape index (κ1) is 12.4. The van der Waals surface area contributed by atoms with Crippen LogP contribution in [0.3, 0.4) is 0 Å². The van der Waals surface area contributed by atoms with Gasteiger partial charge >= 0.3 is 0 Å². The molecule has 0 radical (unpaired) electrons. The topological polar surface area (TPSA) is 77.2 Å². The highest BCUT2D eigenvalue weighted by Crippen LogP contribution is 2.06. The number of hydrogen-bond acceptors (Lipinski definition) is 4. The highest BCUT2D eigenvalue weighted by atomic mass is 16.5. The molecule has 0 saturated heterocycles. The van der Waals surface area contributed by atoms with Crippen LogP contribution in [0.25, 0.3) is 0 Å². The van der Waals surface area contributed by atoms with E-state index in [1.165, 1.54) is 12.3 Å². The van der Waals surface area contributed by atoms with E-state index in [9.17, 15) is 4.79 Å². The smallest absolute Gasteiger partial charge is 0.270 e. The van der Waals surface area contributed by atoms with Crippen molar-refractivity contribution in [2.75, 3.05) is 19.4 Å². The van der Waals surface area contributed by atoms with Gasteiger partial charge in [-0.1, -0.05) is 0 Å². The fourth-order valence-corrected chi connectivity index (χ4v) is 1.03. The van der Waals surface area contributed by atoms with Gasteiger partial charge in [0.05, 0.1) is 5.60 Å². The molecule has 16 heavy (non-hydrogen) atoms. The lowest BCUT2D eigenvalue weighted by molar-refractivity contribution is 0.0228. The largest absolute Gasteiger partial charge is 0.399 e. The second-order valence-electron chi connectivity index (χ2n) is 4.12. The van der Waals surface area contributed by atoms with Gasteiger partial charge in [-0.3, -0.25) is 9.78 Å². The summed E-state index contributed by atoms with van der Waals surface area (Å²) in [5, 5.41) is 2.74. The summed E-state index contributed by atoms with van der Waals surface area (Å²) in [6, 6.07) is 3.17. The average Bonchev–Trinajstić information content (AvgIpc) is 2.26. The van der Waals surface area contributed by atoms with Crippen LogP contribution in [0.4, 0.5) is 5.69 Å². The van der Waals surface area contributed by atoms with Crippen LogP contribution in [-0.4, -0.2) is 30.1 Å². The quantitative estimate of drug-likeness (QED) is 0.792. The van der Waals surface area contributed by atoms with Crippen LogP contribution in [0.5, 0.6) is 0 Å². The maximum atomic E-state index is 11.7. The summed E-state index contributed by atoms with van der Waals surface area (Å²) in [4.78, 5) is 15.6. The summed E-state index contributed by atoms with van der Waals surface area (Å²) in [6.07, 6.45) is 1.51. The van der Waals surface area contributed by atoms with E-state index in [0.717, 1.165) is 0 Å². The first-order valence-corrected chi connectivity index (χ1v) is 4.99. The highest BCUT2D eigenvalue weighted by molar-refractivity contribution is 5.92. The number of methoxy groups -OCH3 is 1. The van der Waals surface area contributed by atoms with Crippen LogP contribution in [0.15, 0.2) is 18.3 Å². The Morgan fingerprint density at radius 1 is 1.62 bits per heavy atom. The number of nitrogens with zero attached hydrogens (tertiary/aromatic N) is 1. The van der Waals surface area contributed by atoms with Crippen LogP contribution in [0, 0.1) is 0 Å². The third kappa shape index (κ3) is 3.51. The lowest BCUT2D eigenvalue weighted by Crippen LogP contribution is -2.39. The summed E-state index contributed by atoms with van der Waals surface area (Å²) in [5.74, 6) is -0.252. The number of hydrogen-bond donors (Lipinski definition) is 2. The molecule has 0 fully saturated rings. The summed E-state index contributed by atoms with van der Waals surface area (Å²) in [6.45, 7) is 4.19. The fourth-order valence-electron chi connectivity index (χ4n) is 1.03. The van der Waals surface area contributed by atoms with Crippen LogP contribution in [0.1, 0.15) is 24.3 Å². The number of nitrogens with two attached hydrogens (primary N) is 1. The molecule has 0 aliphatic carbocycles. The Bertz CT molecular complexity index is 377. The monoisotopic (exact) mass is 223 g/mol. The van der Waals surface area contributed by atoms with Gasteiger partial charge in [-0.2, -0.15) is 0 Å². The van der Waals surface area contributed by atoms with Crippen LogP contribution < -0.4 is 11.1 Å². The molecule has 0 aliphatic rings. The van der Waals surface area contributed by atoms with Gasteiger partial charge in [-0.25, -0.2) is 0 Å². The molecule has 3 N–H and O–H groups in total. The van der Waals surface area contributed by atoms with Crippen molar-refractivity contribution >= 4 is 11.6 Å². The molecule has 0 spiro atoms. The standard InChI is InChI=1S/C11H17N3O2/c1-11(2,16-3)7-14-10(15)9-6-8(12)4-5-13-9/h4-6H,7H2,1-3H3,(H2,12,13)(H,14,15). The van der Waals surface area contributed by atoms with Crippen molar-refractivity contribution in [3.63, 3.8) is 0 Å². The van der Waals surface area contributed by atoms with Gasteiger partial charge in [0, 0.05) is 25.5 Å². The predicted molar refractivity (Wildman–Crippen MR) is 62.1 cm³/mol. The number of carbonyl (C=O) groups is 1. The van der Waals surface area contributed by atoms with E-state index in [0.29, 0.717) is 17.9 Å². The molecule has 1 heterocycles. The molecule has 1 aromatic rings. The Labute approximate surface area is 95.0 Å². The number of aromatic nitrogens is 1. The molecule has 88 valence electrons. The Morgan fingerprint density at radius 3 is 2.88 bits per heavy atom. The van der Waals surface area contributed by atoms with Crippen LogP contribution in [0.2, 0.25) is 0 Å². The minimum Gasteiger partial charge on any atom is -0.399 e. The number of pyridine rings is 1. The Balaban J connectivity index is 2.60. The minimum atomic E-state index is -0.393. The van der Waals surface area contributed by atoms with Gasteiger partial charge in [-0.15, -0.1) is 0 Å². The SMILES string of the molecule is COC(C)(C)CNC(=O)c1cc(N)ccn1. The number of ether oxygens (including phenoxy) is 1. The van der Waals surface area contributed by atoms with E-state index >= 15 is 0 Å². The summed E-state index contributed by atoms with van der Waals surface area (Å²) in [7, 11) is 1.60. The van der Waals surface area contributed by atoms with Crippen molar-refractivity contribution in [2.24, 2.45) is 0 Å². The van der Waals surface area contributed by atoms with E-state index in [1.807, 2.05) is 13.8 Å². The summed E-state index contributed by atoms with van der Waals surface area (Å²) >= 11 is 0. The Hall–Kier alpha value is -1.62. The molecule has 0 saturated carbocycles. The molecule has 0 bridgehead atoms. The number of nitrogen functional groups attached to an aromatic ring is 1. The normalized spacial score (nSPS) is 11.2. The van der Waals surface area contributed by atoms with Crippen molar-refractivity contribution in [2.45, 2.75) is 19.4 Å². The van der Waals surface area contributed by atoms with Crippen molar-refractivity contribution < 1.29 is 9.53 Å². The molecule has 1 aromatic heterocycles. The number of anilines is 1. The molecule has 0 atom stereocenters. The highest BCUT2D eigenvalue weighted by Gasteiger charge is 2.18. The van der Waals surface area contributed by atoms with Gasteiger partial charge in [0.1, 0.15) is 5.69 Å². The third-order valence-electron chi connectivity index (χ3n) is 2.24. The van der Waals surface area contributed by atoms with Crippen LogP contribution in [-0.2, 0) is 4.74 Å². The zero-order valence-corrected chi connectivity index (χ0v) is 9.78.